The minimum Gasteiger partial charge on any atom is -0.494 e. The first-order valence-electron chi connectivity index (χ1n) is 7.33. The van der Waals surface area contributed by atoms with E-state index in [0.717, 1.165) is 6.08 Å². The van der Waals surface area contributed by atoms with Crippen LogP contribution >= 0.6 is 0 Å². The van der Waals surface area contributed by atoms with Gasteiger partial charge in [-0.1, -0.05) is 0 Å². The quantitative estimate of drug-likeness (QED) is 0.836. The minimum absolute atomic E-state index is 0.133. The molecule has 1 aliphatic carbocycles. The summed E-state index contributed by atoms with van der Waals surface area (Å²) in [5, 5.41) is 9.29. The second-order valence-corrected chi connectivity index (χ2v) is 5.37. The highest BCUT2D eigenvalue weighted by molar-refractivity contribution is 6.09. The lowest BCUT2D eigenvalue weighted by molar-refractivity contribution is 0.0668. The van der Waals surface area contributed by atoms with E-state index in [-0.39, 0.29) is 18.0 Å². The van der Waals surface area contributed by atoms with Gasteiger partial charge in [-0.15, -0.1) is 0 Å². The van der Waals surface area contributed by atoms with Gasteiger partial charge in [-0.3, -0.25) is 4.79 Å². The monoisotopic (exact) mass is 326 g/mol. The van der Waals surface area contributed by atoms with E-state index in [1.165, 1.54) is 17.0 Å². The van der Waals surface area contributed by atoms with Crippen LogP contribution in [0.25, 0.3) is 0 Å². The van der Waals surface area contributed by atoms with Gasteiger partial charge in [0.2, 0.25) is 5.82 Å². The Hall–Kier alpha value is -3.18. The fraction of sp³-hybridized carbons (Fsp3) is 0.235. The van der Waals surface area contributed by atoms with Crippen molar-refractivity contribution in [2.75, 3.05) is 6.61 Å². The molecule has 0 amide bonds. The number of rotatable bonds is 5. The van der Waals surface area contributed by atoms with Crippen LogP contribution < -0.4 is 4.74 Å². The van der Waals surface area contributed by atoms with Crippen molar-refractivity contribution in [1.82, 2.24) is 9.55 Å². The highest BCUT2D eigenvalue weighted by Gasteiger charge is 2.47. The molecule has 1 heterocycles. The molecular weight excluding hydrogens is 312 g/mol. The van der Waals surface area contributed by atoms with Crippen molar-refractivity contribution in [1.29, 1.82) is 0 Å². The van der Waals surface area contributed by atoms with Gasteiger partial charge in [-0.2, -0.15) is 0 Å². The predicted octanol–water partition coefficient (Wildman–Crippen LogP) is 1.50. The van der Waals surface area contributed by atoms with Gasteiger partial charge in [-0.25, -0.2) is 14.6 Å². The Labute approximate surface area is 137 Å². The number of ketones is 1. The van der Waals surface area contributed by atoms with Crippen LogP contribution in [0.1, 0.15) is 33.5 Å². The number of aromatic carboxylic acids is 1. The first kappa shape index (κ1) is 15.7. The average Bonchev–Trinajstić information content (AvgIpc) is 3.13. The molecular formula is C17H14N2O5. The lowest BCUT2D eigenvalue weighted by Gasteiger charge is -2.25. The molecule has 0 aliphatic heterocycles. The number of hydrogen-bond donors (Lipinski definition) is 1. The number of benzene rings is 1. The number of allylic oxidation sites excluding steroid dienone is 1. The van der Waals surface area contributed by atoms with Crippen LogP contribution in [0.4, 0.5) is 0 Å². The van der Waals surface area contributed by atoms with Crippen LogP contribution in [0, 0.1) is 0 Å². The molecule has 0 saturated carbocycles. The molecule has 1 N–H and O–H groups in total. The third-order valence-corrected chi connectivity index (χ3v) is 4.05. The van der Waals surface area contributed by atoms with Gasteiger partial charge in [0.25, 0.3) is 0 Å². The van der Waals surface area contributed by atoms with Crippen molar-refractivity contribution < 1.29 is 24.2 Å². The zero-order valence-electron chi connectivity index (χ0n) is 12.9. The molecule has 0 radical (unpaired) electrons. The number of carbonyl (C=O) groups excluding carboxylic acids is 2. The maximum Gasteiger partial charge on any atom is 0.372 e. The van der Waals surface area contributed by atoms with E-state index in [1.54, 1.807) is 24.1 Å². The zero-order valence-corrected chi connectivity index (χ0v) is 12.9. The summed E-state index contributed by atoms with van der Waals surface area (Å²) in [5.74, 6) is 0.288. The third-order valence-electron chi connectivity index (χ3n) is 4.05. The van der Waals surface area contributed by atoms with Crippen LogP contribution in [-0.2, 0) is 16.8 Å². The van der Waals surface area contributed by atoms with Crippen LogP contribution in [0.5, 0.6) is 5.75 Å². The van der Waals surface area contributed by atoms with Crippen molar-refractivity contribution >= 4 is 17.7 Å². The summed E-state index contributed by atoms with van der Waals surface area (Å²) in [6, 6.07) is 5.03. The summed E-state index contributed by atoms with van der Waals surface area (Å²) in [6.07, 6.45) is 3.86. The molecule has 0 spiro atoms. The molecule has 24 heavy (non-hydrogen) atoms. The summed E-state index contributed by atoms with van der Waals surface area (Å²) in [4.78, 5) is 39.2. The fourth-order valence-corrected chi connectivity index (χ4v) is 3.06. The summed E-state index contributed by atoms with van der Waals surface area (Å²) in [6.45, 7) is 2.33. The van der Waals surface area contributed by atoms with Crippen LogP contribution in [0.3, 0.4) is 0 Å². The van der Waals surface area contributed by atoms with Crippen molar-refractivity contribution in [2.24, 2.45) is 0 Å². The van der Waals surface area contributed by atoms with E-state index >= 15 is 0 Å². The van der Waals surface area contributed by atoms with E-state index in [4.69, 9.17) is 4.74 Å². The van der Waals surface area contributed by atoms with Gasteiger partial charge in [0.1, 0.15) is 17.2 Å². The molecule has 7 heteroatoms. The van der Waals surface area contributed by atoms with E-state index in [9.17, 15) is 19.5 Å². The van der Waals surface area contributed by atoms with Crippen molar-refractivity contribution in [2.45, 2.75) is 18.9 Å². The molecule has 1 unspecified atom stereocenters. The molecule has 122 valence electrons. The Bertz CT molecular complexity index is 879. The van der Waals surface area contributed by atoms with Gasteiger partial charge in [-0.05, 0) is 30.7 Å². The highest BCUT2D eigenvalue weighted by Crippen LogP contribution is 2.38. The third kappa shape index (κ3) is 2.23. The second kappa shape index (κ2) is 5.79. The van der Waals surface area contributed by atoms with Gasteiger partial charge in [0.05, 0.1) is 6.61 Å². The zero-order chi connectivity index (χ0) is 17.3. The SMILES string of the molecule is CCOc1ccc2c(c1)CC(C=C=O)(n1ccnc1C(=O)O)C2=O. The summed E-state index contributed by atoms with van der Waals surface area (Å²) < 4.78 is 6.65. The molecule has 1 aromatic carbocycles. The molecule has 2 aromatic rings. The van der Waals surface area contributed by atoms with Crippen LogP contribution in [0.2, 0.25) is 0 Å². The topological polar surface area (TPSA) is 98.5 Å². The molecule has 3 rings (SSSR count). The molecule has 0 bridgehead atoms. The van der Waals surface area contributed by atoms with E-state index < -0.39 is 11.5 Å². The number of fused-ring (bicyclic) bond motifs is 1. The first-order valence-corrected chi connectivity index (χ1v) is 7.33. The molecule has 7 nitrogen and oxygen atoms in total. The Morgan fingerprint density at radius 1 is 1.54 bits per heavy atom. The number of imidazole rings is 1. The first-order chi connectivity index (χ1) is 11.5. The second-order valence-electron chi connectivity index (χ2n) is 5.37. The van der Waals surface area contributed by atoms with E-state index in [1.807, 2.05) is 6.92 Å². The highest BCUT2D eigenvalue weighted by atomic mass is 16.5. The van der Waals surface area contributed by atoms with Crippen molar-refractivity contribution in [3.63, 3.8) is 0 Å². The number of hydrogen-bond acceptors (Lipinski definition) is 5. The number of carboxylic acids is 1. The van der Waals surface area contributed by atoms with Crippen LogP contribution in [0.15, 0.2) is 36.7 Å². The van der Waals surface area contributed by atoms with E-state index in [0.29, 0.717) is 23.5 Å². The van der Waals surface area contributed by atoms with Gasteiger partial charge in [0, 0.05) is 30.5 Å². The van der Waals surface area contributed by atoms with Gasteiger partial charge >= 0.3 is 5.97 Å². The number of nitrogens with zero attached hydrogens (tertiary/aromatic N) is 2. The number of ether oxygens (including phenoxy) is 1. The van der Waals surface area contributed by atoms with Gasteiger partial charge < -0.3 is 14.4 Å². The van der Waals surface area contributed by atoms with E-state index in [2.05, 4.69) is 4.98 Å². The Morgan fingerprint density at radius 2 is 2.33 bits per heavy atom. The Balaban J connectivity index is 2.16. The lowest BCUT2D eigenvalue weighted by Crippen LogP contribution is -2.39. The lowest BCUT2D eigenvalue weighted by atomic mass is 9.94. The standard InChI is InChI=1S/C17H14N2O5/c1-2-24-12-3-4-13-11(9-12)10-17(5-8-20,14(13)21)19-7-6-18-15(19)16(22)23/h3-7,9H,2,10H2,1H3,(H,22,23). The molecule has 1 atom stereocenters. The van der Waals surface area contributed by atoms with Crippen LogP contribution in [-0.4, -0.2) is 39.0 Å². The number of aromatic nitrogens is 2. The maximum atomic E-state index is 13.0. The predicted molar refractivity (Wildman–Crippen MR) is 83.1 cm³/mol. The smallest absolute Gasteiger partial charge is 0.372 e. The number of Topliss-reactive ketones (excluding diaryl/α,β-unsaturated/α-hetero) is 1. The summed E-state index contributed by atoms with van der Waals surface area (Å²) in [7, 11) is 0. The fourth-order valence-electron chi connectivity index (χ4n) is 3.06. The molecule has 0 fully saturated rings. The molecule has 1 aromatic heterocycles. The minimum atomic E-state index is -1.47. The summed E-state index contributed by atoms with van der Waals surface area (Å²) in [5.41, 5.74) is -0.364. The normalized spacial score (nSPS) is 18.8. The Kier molecular flexibility index (Phi) is 3.79. The Morgan fingerprint density at radius 3 is 3.00 bits per heavy atom. The number of carbonyl (C=O) groups is 2. The molecule has 1 aliphatic rings. The largest absolute Gasteiger partial charge is 0.494 e. The molecule has 0 saturated heterocycles. The van der Waals surface area contributed by atoms with Crippen molar-refractivity contribution in [3.05, 3.63) is 53.6 Å². The summed E-state index contributed by atoms with van der Waals surface area (Å²) >= 11 is 0. The van der Waals surface area contributed by atoms with Gasteiger partial charge in [0.15, 0.2) is 5.78 Å². The van der Waals surface area contributed by atoms with Crippen molar-refractivity contribution in [3.8, 4) is 5.75 Å². The number of carboxylic acid groups (broad SMARTS) is 1. The average molecular weight is 326 g/mol. The maximum absolute atomic E-state index is 13.0.